The van der Waals surface area contributed by atoms with Crippen molar-refractivity contribution in [3.05, 3.63) is 70.5 Å². The number of hydrogen-bond acceptors (Lipinski definition) is 1. The first kappa shape index (κ1) is 16.2. The lowest BCUT2D eigenvalue weighted by Gasteiger charge is -2.07. The quantitative estimate of drug-likeness (QED) is 0.809. The average Bonchev–Trinajstić information content (AvgIpc) is 2.49. The summed E-state index contributed by atoms with van der Waals surface area (Å²) in [7, 11) is 0. The Bertz CT molecular complexity index is 634. The van der Waals surface area contributed by atoms with Gasteiger partial charge in [-0.15, -0.1) is 0 Å². The number of halogens is 1. The number of nitrogens with one attached hydrogen (secondary N) is 1. The molecular weight excluding hydrogens is 277 g/mol. The molecule has 0 aliphatic carbocycles. The van der Waals surface area contributed by atoms with Crippen molar-refractivity contribution >= 4 is 5.91 Å². The van der Waals surface area contributed by atoms with E-state index in [4.69, 9.17) is 0 Å². The van der Waals surface area contributed by atoms with Gasteiger partial charge in [0.15, 0.2) is 0 Å². The highest BCUT2D eigenvalue weighted by atomic mass is 19.1. The summed E-state index contributed by atoms with van der Waals surface area (Å²) in [5, 5.41) is 2.93. The summed E-state index contributed by atoms with van der Waals surface area (Å²) < 4.78 is 12.8. The third kappa shape index (κ3) is 4.99. The van der Waals surface area contributed by atoms with Crippen LogP contribution in [0.15, 0.2) is 42.5 Å². The maximum atomic E-state index is 12.8. The van der Waals surface area contributed by atoms with Gasteiger partial charge >= 0.3 is 0 Å². The molecule has 1 amide bonds. The molecule has 0 spiro atoms. The molecule has 0 aliphatic rings. The van der Waals surface area contributed by atoms with Crippen LogP contribution in [0.4, 0.5) is 4.39 Å². The molecule has 0 saturated heterocycles. The predicted octanol–water partition coefficient (Wildman–Crippen LogP) is 3.73. The van der Waals surface area contributed by atoms with Crippen molar-refractivity contribution in [3.8, 4) is 0 Å². The van der Waals surface area contributed by atoms with E-state index >= 15 is 0 Å². The van der Waals surface area contributed by atoms with Crippen LogP contribution < -0.4 is 5.32 Å². The second-order valence-electron chi connectivity index (χ2n) is 5.68. The van der Waals surface area contributed by atoms with Crippen LogP contribution in [-0.4, -0.2) is 12.5 Å². The normalized spacial score (nSPS) is 10.5. The van der Waals surface area contributed by atoms with Crippen molar-refractivity contribution in [2.24, 2.45) is 0 Å². The van der Waals surface area contributed by atoms with Crippen molar-refractivity contribution in [3.63, 3.8) is 0 Å². The largest absolute Gasteiger partial charge is 0.356 e. The molecule has 116 valence electrons. The molecule has 2 rings (SSSR count). The summed E-state index contributed by atoms with van der Waals surface area (Å²) in [4.78, 5) is 11.9. The van der Waals surface area contributed by atoms with Gasteiger partial charge in [-0.3, -0.25) is 4.79 Å². The monoisotopic (exact) mass is 299 g/mol. The van der Waals surface area contributed by atoms with Crippen LogP contribution in [0, 0.1) is 19.7 Å². The van der Waals surface area contributed by atoms with E-state index in [-0.39, 0.29) is 11.7 Å². The van der Waals surface area contributed by atoms with Gasteiger partial charge in [0, 0.05) is 6.54 Å². The average molecular weight is 299 g/mol. The molecule has 0 aromatic heterocycles. The van der Waals surface area contributed by atoms with E-state index in [2.05, 4.69) is 25.2 Å². The first-order valence-electron chi connectivity index (χ1n) is 7.62. The zero-order chi connectivity index (χ0) is 15.9. The lowest BCUT2D eigenvalue weighted by molar-refractivity contribution is -0.120. The van der Waals surface area contributed by atoms with Crippen molar-refractivity contribution in [1.29, 1.82) is 0 Å². The number of carbonyl (C=O) groups excluding carboxylic acids is 1. The fourth-order valence-electron chi connectivity index (χ4n) is 2.33. The van der Waals surface area contributed by atoms with E-state index < -0.39 is 0 Å². The van der Waals surface area contributed by atoms with E-state index in [1.54, 1.807) is 12.1 Å². The van der Waals surface area contributed by atoms with Gasteiger partial charge in [-0.2, -0.15) is 0 Å². The molecule has 2 aromatic carbocycles. The van der Waals surface area contributed by atoms with Crippen LogP contribution >= 0.6 is 0 Å². The highest BCUT2D eigenvalue weighted by Gasteiger charge is 2.04. The SMILES string of the molecule is Cc1ccc(CC(=O)NCCCc2ccc(F)cc2)cc1C. The van der Waals surface area contributed by atoms with Crippen LogP contribution in [0.1, 0.15) is 28.7 Å². The van der Waals surface area contributed by atoms with Crippen LogP contribution in [0.25, 0.3) is 0 Å². The fraction of sp³-hybridized carbons (Fsp3) is 0.316. The Hall–Kier alpha value is -2.16. The van der Waals surface area contributed by atoms with Gasteiger partial charge in [-0.05, 0) is 61.1 Å². The Kier molecular flexibility index (Phi) is 5.70. The molecule has 3 heteroatoms. The second-order valence-corrected chi connectivity index (χ2v) is 5.68. The van der Waals surface area contributed by atoms with Gasteiger partial charge in [-0.1, -0.05) is 30.3 Å². The Morgan fingerprint density at radius 2 is 1.68 bits per heavy atom. The number of amides is 1. The first-order chi connectivity index (χ1) is 10.5. The Morgan fingerprint density at radius 3 is 2.36 bits per heavy atom. The summed E-state index contributed by atoms with van der Waals surface area (Å²) >= 11 is 0. The molecule has 0 unspecified atom stereocenters. The molecule has 2 aromatic rings. The van der Waals surface area contributed by atoms with Crippen LogP contribution in [-0.2, 0) is 17.6 Å². The highest BCUT2D eigenvalue weighted by molar-refractivity contribution is 5.78. The molecule has 0 heterocycles. The Morgan fingerprint density at radius 1 is 1.00 bits per heavy atom. The predicted molar refractivity (Wildman–Crippen MR) is 87.4 cm³/mol. The molecule has 0 bridgehead atoms. The summed E-state index contributed by atoms with van der Waals surface area (Å²) in [6, 6.07) is 12.6. The van der Waals surface area contributed by atoms with Crippen molar-refractivity contribution in [2.75, 3.05) is 6.54 Å². The fourth-order valence-corrected chi connectivity index (χ4v) is 2.33. The van der Waals surface area contributed by atoms with Gasteiger partial charge in [0.05, 0.1) is 6.42 Å². The minimum Gasteiger partial charge on any atom is -0.356 e. The number of carbonyl (C=O) groups is 1. The minimum absolute atomic E-state index is 0.0439. The number of hydrogen-bond donors (Lipinski definition) is 1. The lowest BCUT2D eigenvalue weighted by atomic mass is 10.0. The summed E-state index contributed by atoms with van der Waals surface area (Å²) in [5.41, 5.74) is 4.58. The van der Waals surface area contributed by atoms with E-state index in [1.165, 1.54) is 23.3 Å². The van der Waals surface area contributed by atoms with Gasteiger partial charge in [0.1, 0.15) is 5.82 Å². The number of aryl methyl sites for hydroxylation is 3. The Balaban J connectivity index is 1.71. The van der Waals surface area contributed by atoms with E-state index in [0.29, 0.717) is 13.0 Å². The van der Waals surface area contributed by atoms with Gasteiger partial charge < -0.3 is 5.32 Å². The van der Waals surface area contributed by atoms with Crippen molar-refractivity contribution < 1.29 is 9.18 Å². The van der Waals surface area contributed by atoms with Crippen LogP contribution in [0.5, 0.6) is 0 Å². The van der Waals surface area contributed by atoms with Gasteiger partial charge in [0.2, 0.25) is 5.91 Å². The number of rotatable bonds is 6. The molecule has 0 fully saturated rings. The van der Waals surface area contributed by atoms with Crippen LogP contribution in [0.2, 0.25) is 0 Å². The van der Waals surface area contributed by atoms with E-state index in [9.17, 15) is 9.18 Å². The molecule has 22 heavy (non-hydrogen) atoms. The summed E-state index contributed by atoms with van der Waals surface area (Å²) in [6.07, 6.45) is 2.10. The zero-order valence-corrected chi connectivity index (χ0v) is 13.2. The van der Waals surface area contributed by atoms with Gasteiger partial charge in [0.25, 0.3) is 0 Å². The smallest absolute Gasteiger partial charge is 0.224 e. The lowest BCUT2D eigenvalue weighted by Crippen LogP contribution is -2.26. The minimum atomic E-state index is -0.217. The summed E-state index contributed by atoms with van der Waals surface area (Å²) in [6.45, 7) is 4.76. The summed E-state index contributed by atoms with van der Waals surface area (Å²) in [5.74, 6) is -0.173. The van der Waals surface area contributed by atoms with E-state index in [0.717, 1.165) is 24.0 Å². The van der Waals surface area contributed by atoms with Crippen LogP contribution in [0.3, 0.4) is 0 Å². The van der Waals surface area contributed by atoms with Gasteiger partial charge in [-0.25, -0.2) is 4.39 Å². The molecule has 0 saturated carbocycles. The standard InChI is InChI=1S/C19H22FNO/c1-14-5-6-17(12-15(14)2)13-19(22)21-11-3-4-16-7-9-18(20)10-8-16/h5-10,12H,3-4,11,13H2,1-2H3,(H,21,22). The van der Waals surface area contributed by atoms with Crippen molar-refractivity contribution in [2.45, 2.75) is 33.1 Å². The third-order valence-electron chi connectivity index (χ3n) is 3.81. The Labute approximate surface area is 131 Å². The zero-order valence-electron chi connectivity index (χ0n) is 13.2. The first-order valence-corrected chi connectivity index (χ1v) is 7.62. The van der Waals surface area contributed by atoms with E-state index in [1.807, 2.05) is 12.1 Å². The number of benzene rings is 2. The molecule has 1 N–H and O–H groups in total. The topological polar surface area (TPSA) is 29.1 Å². The maximum Gasteiger partial charge on any atom is 0.224 e. The maximum absolute atomic E-state index is 12.8. The molecule has 0 atom stereocenters. The third-order valence-corrected chi connectivity index (χ3v) is 3.81. The molecule has 0 aliphatic heterocycles. The highest BCUT2D eigenvalue weighted by Crippen LogP contribution is 2.10. The molecule has 2 nitrogen and oxygen atoms in total. The van der Waals surface area contributed by atoms with Crippen molar-refractivity contribution in [1.82, 2.24) is 5.32 Å². The molecular formula is C19H22FNO. The second kappa shape index (κ2) is 7.74. The molecule has 0 radical (unpaired) electrons.